The number of aromatic nitrogens is 2. The summed E-state index contributed by atoms with van der Waals surface area (Å²) in [6, 6.07) is 10.6. The molecule has 25 heavy (non-hydrogen) atoms. The standard InChI is InChI=1S/C18H14ClF2N3S/c1-25-18-23-10-15(11-3-6-14(20)7-4-11)17(24-18)22-9-12-2-5-13(19)8-16(12)21/h2-8,10H,9H2,1H3,(H,22,23,24). The average Bonchev–Trinajstić information content (AvgIpc) is 2.61. The van der Waals surface area contributed by atoms with E-state index in [0.717, 1.165) is 5.56 Å². The lowest BCUT2D eigenvalue weighted by atomic mass is 10.1. The molecule has 0 spiro atoms. The molecular formula is C18H14ClF2N3S. The molecule has 1 aromatic heterocycles. The molecule has 0 aliphatic rings. The fourth-order valence-corrected chi connectivity index (χ4v) is 2.78. The molecule has 3 aromatic rings. The van der Waals surface area contributed by atoms with Crippen LogP contribution in [0.4, 0.5) is 14.6 Å². The van der Waals surface area contributed by atoms with E-state index < -0.39 is 0 Å². The molecule has 0 aliphatic heterocycles. The summed E-state index contributed by atoms with van der Waals surface area (Å²) in [5.41, 5.74) is 1.96. The van der Waals surface area contributed by atoms with Crippen molar-refractivity contribution in [2.45, 2.75) is 11.7 Å². The third-order valence-electron chi connectivity index (χ3n) is 3.57. The van der Waals surface area contributed by atoms with Crippen molar-refractivity contribution >= 4 is 29.2 Å². The highest BCUT2D eigenvalue weighted by Crippen LogP contribution is 2.28. The maximum absolute atomic E-state index is 14.0. The first kappa shape index (κ1) is 17.6. The summed E-state index contributed by atoms with van der Waals surface area (Å²) < 4.78 is 27.1. The molecule has 1 heterocycles. The van der Waals surface area contributed by atoms with Crippen LogP contribution in [0.15, 0.2) is 53.8 Å². The monoisotopic (exact) mass is 377 g/mol. The zero-order chi connectivity index (χ0) is 17.8. The second-order valence-corrected chi connectivity index (χ2v) is 6.42. The highest BCUT2D eigenvalue weighted by Gasteiger charge is 2.11. The third kappa shape index (κ3) is 4.27. The molecular weight excluding hydrogens is 364 g/mol. The van der Waals surface area contributed by atoms with Crippen LogP contribution in [0.1, 0.15) is 5.56 Å². The molecule has 0 amide bonds. The number of hydrogen-bond acceptors (Lipinski definition) is 4. The van der Waals surface area contributed by atoms with E-state index in [1.165, 1.54) is 30.0 Å². The van der Waals surface area contributed by atoms with Crippen molar-refractivity contribution in [1.82, 2.24) is 9.97 Å². The molecule has 0 atom stereocenters. The number of rotatable bonds is 5. The van der Waals surface area contributed by atoms with Crippen LogP contribution in [0.2, 0.25) is 5.02 Å². The number of anilines is 1. The minimum Gasteiger partial charge on any atom is -0.365 e. The van der Waals surface area contributed by atoms with E-state index in [-0.39, 0.29) is 18.2 Å². The lowest BCUT2D eigenvalue weighted by Crippen LogP contribution is -2.06. The van der Waals surface area contributed by atoms with Crippen molar-refractivity contribution < 1.29 is 8.78 Å². The van der Waals surface area contributed by atoms with Gasteiger partial charge in [0.25, 0.3) is 0 Å². The van der Waals surface area contributed by atoms with Crippen LogP contribution in [0.25, 0.3) is 11.1 Å². The minimum atomic E-state index is -0.387. The summed E-state index contributed by atoms with van der Waals surface area (Å²) in [5.74, 6) is -0.147. The number of thioether (sulfide) groups is 1. The van der Waals surface area contributed by atoms with Gasteiger partial charge in [-0.1, -0.05) is 41.6 Å². The summed E-state index contributed by atoms with van der Waals surface area (Å²) in [6.45, 7) is 0.238. The number of hydrogen-bond donors (Lipinski definition) is 1. The van der Waals surface area contributed by atoms with E-state index in [9.17, 15) is 8.78 Å². The Hall–Kier alpha value is -2.18. The largest absolute Gasteiger partial charge is 0.365 e. The SMILES string of the molecule is CSc1ncc(-c2ccc(F)cc2)c(NCc2ccc(Cl)cc2F)n1. The van der Waals surface area contributed by atoms with Gasteiger partial charge >= 0.3 is 0 Å². The van der Waals surface area contributed by atoms with Gasteiger partial charge in [0.05, 0.1) is 0 Å². The van der Waals surface area contributed by atoms with Gasteiger partial charge in [-0.2, -0.15) is 0 Å². The molecule has 3 rings (SSSR count). The first-order chi connectivity index (χ1) is 12.1. The Labute approximate surface area is 153 Å². The predicted molar refractivity (Wildman–Crippen MR) is 97.9 cm³/mol. The minimum absolute atomic E-state index is 0.238. The van der Waals surface area contributed by atoms with Crippen LogP contribution < -0.4 is 5.32 Å². The van der Waals surface area contributed by atoms with Gasteiger partial charge in [-0.15, -0.1) is 0 Å². The van der Waals surface area contributed by atoms with Gasteiger partial charge in [-0.3, -0.25) is 0 Å². The van der Waals surface area contributed by atoms with Gasteiger partial charge < -0.3 is 5.32 Å². The Morgan fingerprint density at radius 1 is 1.12 bits per heavy atom. The summed E-state index contributed by atoms with van der Waals surface area (Å²) in [6.07, 6.45) is 3.54. The van der Waals surface area contributed by atoms with Gasteiger partial charge in [0.15, 0.2) is 5.16 Å². The number of halogens is 3. The Morgan fingerprint density at radius 3 is 2.56 bits per heavy atom. The van der Waals surface area contributed by atoms with Crippen molar-refractivity contribution in [3.05, 3.63) is 70.9 Å². The van der Waals surface area contributed by atoms with Gasteiger partial charge in [0.1, 0.15) is 17.5 Å². The summed E-state index contributed by atoms with van der Waals surface area (Å²) in [4.78, 5) is 8.72. The Kier molecular flexibility index (Phi) is 5.50. The van der Waals surface area contributed by atoms with E-state index in [1.54, 1.807) is 30.5 Å². The molecule has 7 heteroatoms. The lowest BCUT2D eigenvalue weighted by molar-refractivity contribution is 0.613. The predicted octanol–water partition coefficient (Wildman–Crippen LogP) is 5.41. The lowest BCUT2D eigenvalue weighted by Gasteiger charge is -2.12. The van der Waals surface area contributed by atoms with Gasteiger partial charge in [-0.05, 0) is 36.1 Å². The molecule has 2 aromatic carbocycles. The van der Waals surface area contributed by atoms with Crippen molar-refractivity contribution in [3.8, 4) is 11.1 Å². The second kappa shape index (κ2) is 7.80. The van der Waals surface area contributed by atoms with Crippen molar-refractivity contribution in [3.63, 3.8) is 0 Å². The van der Waals surface area contributed by atoms with Crippen LogP contribution in [-0.2, 0) is 6.54 Å². The summed E-state index contributed by atoms with van der Waals surface area (Å²) >= 11 is 7.18. The zero-order valence-electron chi connectivity index (χ0n) is 13.3. The van der Waals surface area contributed by atoms with Crippen LogP contribution in [0, 0.1) is 11.6 Å². The first-order valence-electron chi connectivity index (χ1n) is 7.41. The summed E-state index contributed by atoms with van der Waals surface area (Å²) in [5, 5.41) is 4.07. The quantitative estimate of drug-likeness (QED) is 0.476. The van der Waals surface area contributed by atoms with Crippen LogP contribution in [0.5, 0.6) is 0 Å². The maximum atomic E-state index is 14.0. The van der Waals surface area contributed by atoms with Crippen LogP contribution in [-0.4, -0.2) is 16.2 Å². The van der Waals surface area contributed by atoms with E-state index in [0.29, 0.717) is 27.1 Å². The number of nitrogens with zero attached hydrogens (tertiary/aromatic N) is 2. The molecule has 0 saturated carbocycles. The van der Waals surface area contributed by atoms with E-state index >= 15 is 0 Å². The van der Waals surface area contributed by atoms with Gasteiger partial charge in [0.2, 0.25) is 0 Å². The molecule has 0 unspecified atom stereocenters. The first-order valence-corrected chi connectivity index (χ1v) is 9.02. The second-order valence-electron chi connectivity index (χ2n) is 5.22. The fraction of sp³-hybridized carbons (Fsp3) is 0.111. The van der Waals surface area contributed by atoms with E-state index in [2.05, 4.69) is 15.3 Å². The van der Waals surface area contributed by atoms with Gasteiger partial charge in [-0.25, -0.2) is 18.7 Å². The maximum Gasteiger partial charge on any atom is 0.189 e. The fourth-order valence-electron chi connectivity index (χ4n) is 2.28. The van der Waals surface area contributed by atoms with E-state index in [1.807, 2.05) is 6.26 Å². The van der Waals surface area contributed by atoms with Crippen LogP contribution in [0.3, 0.4) is 0 Å². The smallest absolute Gasteiger partial charge is 0.189 e. The highest BCUT2D eigenvalue weighted by molar-refractivity contribution is 7.98. The molecule has 0 saturated heterocycles. The molecule has 0 fully saturated rings. The normalized spacial score (nSPS) is 10.7. The topological polar surface area (TPSA) is 37.8 Å². The van der Waals surface area contributed by atoms with Gasteiger partial charge in [0, 0.05) is 28.9 Å². The Morgan fingerprint density at radius 2 is 1.88 bits per heavy atom. The molecule has 0 bridgehead atoms. The number of benzene rings is 2. The average molecular weight is 378 g/mol. The summed E-state index contributed by atoms with van der Waals surface area (Å²) in [7, 11) is 0. The molecule has 3 nitrogen and oxygen atoms in total. The molecule has 1 N–H and O–H groups in total. The Balaban J connectivity index is 1.91. The molecule has 0 aliphatic carbocycles. The number of nitrogens with one attached hydrogen (secondary N) is 1. The third-order valence-corrected chi connectivity index (χ3v) is 4.36. The Bertz CT molecular complexity index is 888. The molecule has 128 valence electrons. The van der Waals surface area contributed by atoms with Crippen molar-refractivity contribution in [1.29, 1.82) is 0 Å². The van der Waals surface area contributed by atoms with Crippen molar-refractivity contribution in [2.24, 2.45) is 0 Å². The van der Waals surface area contributed by atoms with Crippen LogP contribution >= 0.6 is 23.4 Å². The highest BCUT2D eigenvalue weighted by atomic mass is 35.5. The zero-order valence-corrected chi connectivity index (χ0v) is 14.8. The van der Waals surface area contributed by atoms with E-state index in [4.69, 9.17) is 11.6 Å². The van der Waals surface area contributed by atoms with Crippen molar-refractivity contribution in [2.75, 3.05) is 11.6 Å². The molecule has 0 radical (unpaired) electrons.